The van der Waals surface area contributed by atoms with Gasteiger partial charge in [-0.15, -0.1) is 0 Å². The van der Waals surface area contributed by atoms with E-state index in [4.69, 9.17) is 21.1 Å². The quantitative estimate of drug-likeness (QED) is 0.834. The molecule has 0 amide bonds. The summed E-state index contributed by atoms with van der Waals surface area (Å²) in [4.78, 5) is 0. The van der Waals surface area contributed by atoms with Crippen LogP contribution in [0.2, 0.25) is 5.02 Å². The van der Waals surface area contributed by atoms with Crippen LogP contribution in [0, 0.1) is 0 Å². The third-order valence-electron chi connectivity index (χ3n) is 3.48. The predicted molar refractivity (Wildman–Crippen MR) is 80.3 cm³/mol. The second-order valence-corrected chi connectivity index (χ2v) is 5.51. The van der Waals surface area contributed by atoms with E-state index in [2.05, 4.69) is 26.1 Å². The molecule has 0 fully saturated rings. The molecular formula is C15H24ClNO2. The van der Waals surface area contributed by atoms with Gasteiger partial charge in [0.2, 0.25) is 0 Å². The summed E-state index contributed by atoms with van der Waals surface area (Å²) in [5, 5.41) is 4.19. The Bertz CT molecular complexity index is 407. The average Bonchev–Trinajstić information content (AvgIpc) is 2.38. The number of hydrogen-bond donors (Lipinski definition) is 1. The lowest BCUT2D eigenvalue weighted by Gasteiger charge is -2.34. The molecule has 1 aromatic carbocycles. The van der Waals surface area contributed by atoms with E-state index in [1.807, 2.05) is 18.2 Å². The molecule has 3 nitrogen and oxygen atoms in total. The van der Waals surface area contributed by atoms with E-state index in [9.17, 15) is 0 Å². The van der Waals surface area contributed by atoms with Gasteiger partial charge in [0.05, 0.1) is 12.7 Å². The van der Waals surface area contributed by atoms with E-state index in [1.165, 1.54) is 0 Å². The van der Waals surface area contributed by atoms with Crippen molar-refractivity contribution in [2.75, 3.05) is 20.8 Å². The van der Waals surface area contributed by atoms with Gasteiger partial charge in [0.25, 0.3) is 0 Å². The van der Waals surface area contributed by atoms with Crippen molar-refractivity contribution in [1.82, 2.24) is 5.32 Å². The van der Waals surface area contributed by atoms with Crippen LogP contribution in [0.5, 0.6) is 5.75 Å². The second kappa shape index (κ2) is 7.13. The van der Waals surface area contributed by atoms with Crippen molar-refractivity contribution in [1.29, 1.82) is 0 Å². The first-order valence-electron chi connectivity index (χ1n) is 6.55. The smallest absolute Gasteiger partial charge is 0.122 e. The number of halogens is 1. The molecule has 1 rings (SSSR count). The summed E-state index contributed by atoms with van der Waals surface area (Å²) in [5.74, 6) is 0.860. The highest BCUT2D eigenvalue weighted by molar-refractivity contribution is 6.30. The molecule has 0 aromatic heterocycles. The first-order valence-corrected chi connectivity index (χ1v) is 6.93. The molecule has 0 aliphatic rings. The van der Waals surface area contributed by atoms with Crippen molar-refractivity contribution < 1.29 is 9.47 Å². The SMILES string of the molecule is CCNC(Cc1cc(Cl)ccc1OC)C(C)(C)OC. The van der Waals surface area contributed by atoms with Crippen molar-refractivity contribution in [3.05, 3.63) is 28.8 Å². The summed E-state index contributed by atoms with van der Waals surface area (Å²) >= 11 is 6.08. The first-order chi connectivity index (χ1) is 8.94. The van der Waals surface area contributed by atoms with E-state index < -0.39 is 0 Å². The Kier molecular flexibility index (Phi) is 6.11. The Balaban J connectivity index is 2.99. The molecule has 0 saturated heterocycles. The van der Waals surface area contributed by atoms with Crippen LogP contribution in [0.25, 0.3) is 0 Å². The molecule has 1 atom stereocenters. The van der Waals surface area contributed by atoms with Gasteiger partial charge in [-0.25, -0.2) is 0 Å². The molecule has 0 aliphatic heterocycles. The summed E-state index contributed by atoms with van der Waals surface area (Å²) < 4.78 is 11.0. The Hall–Kier alpha value is -0.770. The molecule has 0 heterocycles. The number of likely N-dealkylation sites (N-methyl/N-ethyl adjacent to an activating group) is 1. The molecule has 1 aromatic rings. The molecular weight excluding hydrogens is 262 g/mol. The Morgan fingerprint density at radius 3 is 2.53 bits per heavy atom. The highest BCUT2D eigenvalue weighted by Gasteiger charge is 2.29. The van der Waals surface area contributed by atoms with Crippen LogP contribution in [0.1, 0.15) is 26.3 Å². The van der Waals surface area contributed by atoms with Crippen LogP contribution in [0.4, 0.5) is 0 Å². The van der Waals surface area contributed by atoms with Crippen molar-refractivity contribution >= 4 is 11.6 Å². The molecule has 1 unspecified atom stereocenters. The zero-order valence-electron chi connectivity index (χ0n) is 12.4. The molecule has 0 saturated carbocycles. The number of ether oxygens (including phenoxy) is 2. The molecule has 0 bridgehead atoms. The lowest BCUT2D eigenvalue weighted by Crippen LogP contribution is -2.49. The summed E-state index contributed by atoms with van der Waals surface area (Å²) in [5.41, 5.74) is 0.828. The summed E-state index contributed by atoms with van der Waals surface area (Å²) in [6.45, 7) is 7.14. The van der Waals surface area contributed by atoms with E-state index in [0.717, 1.165) is 29.3 Å². The summed E-state index contributed by atoms with van der Waals surface area (Å²) in [6.07, 6.45) is 0.804. The van der Waals surface area contributed by atoms with Gasteiger partial charge in [-0.3, -0.25) is 0 Å². The highest BCUT2D eigenvalue weighted by Crippen LogP contribution is 2.27. The Labute approximate surface area is 121 Å². The van der Waals surface area contributed by atoms with E-state index in [0.29, 0.717) is 0 Å². The number of benzene rings is 1. The van der Waals surface area contributed by atoms with E-state index in [1.54, 1.807) is 14.2 Å². The number of hydrogen-bond acceptors (Lipinski definition) is 3. The zero-order valence-corrected chi connectivity index (χ0v) is 13.2. The maximum Gasteiger partial charge on any atom is 0.122 e. The number of rotatable bonds is 7. The van der Waals surface area contributed by atoms with Gasteiger partial charge < -0.3 is 14.8 Å². The minimum atomic E-state index is -0.261. The van der Waals surface area contributed by atoms with Crippen LogP contribution < -0.4 is 10.1 Å². The largest absolute Gasteiger partial charge is 0.496 e. The molecule has 108 valence electrons. The molecule has 1 N–H and O–H groups in total. The maximum atomic E-state index is 6.08. The third kappa shape index (κ3) is 4.37. The zero-order chi connectivity index (χ0) is 14.5. The van der Waals surface area contributed by atoms with Gasteiger partial charge in [-0.2, -0.15) is 0 Å². The van der Waals surface area contributed by atoms with Crippen LogP contribution in [-0.4, -0.2) is 32.4 Å². The van der Waals surface area contributed by atoms with Crippen molar-refractivity contribution in [3.8, 4) is 5.75 Å². The minimum absolute atomic E-state index is 0.190. The highest BCUT2D eigenvalue weighted by atomic mass is 35.5. The third-order valence-corrected chi connectivity index (χ3v) is 3.72. The van der Waals surface area contributed by atoms with Gasteiger partial charge in [0, 0.05) is 18.2 Å². The van der Waals surface area contributed by atoms with Gasteiger partial charge >= 0.3 is 0 Å². The minimum Gasteiger partial charge on any atom is -0.496 e. The summed E-state index contributed by atoms with van der Waals surface area (Å²) in [6, 6.07) is 5.89. The van der Waals surface area contributed by atoms with Crippen LogP contribution in [0.3, 0.4) is 0 Å². The standard InChI is InChI=1S/C15H24ClNO2/c1-6-17-14(15(2,3)19-5)10-11-9-12(16)7-8-13(11)18-4/h7-9,14,17H,6,10H2,1-5H3. The van der Waals surface area contributed by atoms with Crippen molar-refractivity contribution in [2.24, 2.45) is 0 Å². The molecule has 4 heteroatoms. The van der Waals surface area contributed by atoms with Crippen molar-refractivity contribution in [3.63, 3.8) is 0 Å². The number of methoxy groups -OCH3 is 2. The summed E-state index contributed by atoms with van der Waals surface area (Å²) in [7, 11) is 3.41. The fraction of sp³-hybridized carbons (Fsp3) is 0.600. The van der Waals surface area contributed by atoms with E-state index >= 15 is 0 Å². The van der Waals surface area contributed by atoms with Crippen molar-refractivity contribution in [2.45, 2.75) is 38.8 Å². The van der Waals surface area contributed by atoms with Crippen LogP contribution >= 0.6 is 11.6 Å². The molecule has 0 radical (unpaired) electrons. The van der Waals surface area contributed by atoms with E-state index in [-0.39, 0.29) is 11.6 Å². The van der Waals surface area contributed by atoms with Gasteiger partial charge in [0.15, 0.2) is 0 Å². The monoisotopic (exact) mass is 285 g/mol. The number of nitrogens with one attached hydrogen (secondary N) is 1. The van der Waals surface area contributed by atoms with Gasteiger partial charge in [-0.1, -0.05) is 18.5 Å². The second-order valence-electron chi connectivity index (χ2n) is 5.08. The molecule has 19 heavy (non-hydrogen) atoms. The lowest BCUT2D eigenvalue weighted by molar-refractivity contribution is -0.00971. The average molecular weight is 286 g/mol. The fourth-order valence-electron chi connectivity index (χ4n) is 2.08. The predicted octanol–water partition coefficient (Wildman–Crippen LogP) is 3.29. The lowest BCUT2D eigenvalue weighted by atomic mass is 9.91. The Morgan fingerprint density at radius 2 is 2.00 bits per heavy atom. The maximum absolute atomic E-state index is 6.08. The Morgan fingerprint density at radius 1 is 1.32 bits per heavy atom. The van der Waals surface area contributed by atoms with Crippen LogP contribution in [-0.2, 0) is 11.2 Å². The topological polar surface area (TPSA) is 30.5 Å². The normalized spacial score (nSPS) is 13.4. The molecule has 0 aliphatic carbocycles. The molecule has 0 spiro atoms. The first kappa shape index (κ1) is 16.3. The van der Waals surface area contributed by atoms with Gasteiger partial charge in [-0.05, 0) is 50.6 Å². The van der Waals surface area contributed by atoms with Gasteiger partial charge in [0.1, 0.15) is 5.75 Å². The fourth-order valence-corrected chi connectivity index (χ4v) is 2.27. The van der Waals surface area contributed by atoms with Crippen LogP contribution in [0.15, 0.2) is 18.2 Å².